The van der Waals surface area contributed by atoms with E-state index in [2.05, 4.69) is 37.4 Å². The van der Waals surface area contributed by atoms with Crippen molar-refractivity contribution in [3.8, 4) is 0 Å². The second-order valence-electron chi connectivity index (χ2n) is 11.2. The van der Waals surface area contributed by atoms with Crippen molar-refractivity contribution < 1.29 is 9.59 Å². The standard InChI is InChI=1S/C37H29BrN6O2S/c38-26-18-19-31-28(20-26)29(35-36(46)41-34(25-13-5-2-6-14-25)33(40-35)24-11-3-1-4-12-24)21-44(31)22-32(45)42-43-37(47)39-30-17-9-15-23-10-7-8-16-27(23)30/h1-21,33-34H,22H2,(H,41,46)(H,42,45)(H2,39,43,47)/t33-,34-/m0/s1. The van der Waals surface area contributed by atoms with E-state index in [-0.39, 0.29) is 35.6 Å². The maximum Gasteiger partial charge on any atom is 0.270 e. The Morgan fingerprint density at radius 1 is 0.830 bits per heavy atom. The summed E-state index contributed by atoms with van der Waals surface area (Å²) in [6, 6.07) is 38.8. The molecule has 1 aliphatic heterocycles. The fourth-order valence-electron chi connectivity index (χ4n) is 5.99. The molecule has 0 saturated heterocycles. The van der Waals surface area contributed by atoms with Gasteiger partial charge in [0.15, 0.2) is 5.11 Å². The zero-order valence-corrected chi connectivity index (χ0v) is 27.4. The first-order chi connectivity index (χ1) is 22.9. The molecule has 2 atom stereocenters. The second kappa shape index (κ2) is 13.2. The van der Waals surface area contributed by atoms with E-state index in [1.807, 2.05) is 132 Å². The van der Waals surface area contributed by atoms with Gasteiger partial charge in [0.1, 0.15) is 18.3 Å². The van der Waals surface area contributed by atoms with E-state index >= 15 is 0 Å². The van der Waals surface area contributed by atoms with E-state index in [1.54, 1.807) is 0 Å². The van der Waals surface area contributed by atoms with Gasteiger partial charge >= 0.3 is 0 Å². The predicted octanol–water partition coefficient (Wildman–Crippen LogP) is 6.98. The largest absolute Gasteiger partial charge is 0.341 e. The summed E-state index contributed by atoms with van der Waals surface area (Å²) in [5.41, 5.74) is 10.0. The van der Waals surface area contributed by atoms with Gasteiger partial charge in [0.05, 0.1) is 6.04 Å². The Kier molecular flexibility index (Phi) is 8.52. The van der Waals surface area contributed by atoms with Gasteiger partial charge in [-0.3, -0.25) is 25.4 Å². The summed E-state index contributed by atoms with van der Waals surface area (Å²) in [5.74, 6) is -0.596. The first-order valence-electron chi connectivity index (χ1n) is 15.1. The summed E-state index contributed by atoms with van der Waals surface area (Å²) in [4.78, 5) is 32.0. The number of hydrazine groups is 1. The summed E-state index contributed by atoms with van der Waals surface area (Å²) in [6.45, 7) is -0.0222. The molecule has 5 aromatic carbocycles. The molecular weight excluding hydrogens is 672 g/mol. The molecule has 1 aliphatic rings. The zero-order valence-electron chi connectivity index (χ0n) is 25.0. The lowest BCUT2D eigenvalue weighted by molar-refractivity contribution is -0.122. The summed E-state index contributed by atoms with van der Waals surface area (Å²) >= 11 is 9.04. The van der Waals surface area contributed by atoms with E-state index in [0.717, 1.165) is 43.0 Å². The minimum absolute atomic E-state index is 0.0222. The summed E-state index contributed by atoms with van der Waals surface area (Å²) < 4.78 is 2.66. The average Bonchev–Trinajstić information content (AvgIpc) is 3.44. The highest BCUT2D eigenvalue weighted by Gasteiger charge is 2.34. The molecule has 0 fully saturated rings. The Bertz CT molecular complexity index is 2160. The fourth-order valence-corrected chi connectivity index (χ4v) is 6.52. The molecule has 10 heteroatoms. The Morgan fingerprint density at radius 2 is 1.53 bits per heavy atom. The number of halogens is 1. The number of anilines is 1. The van der Waals surface area contributed by atoms with Crippen LogP contribution in [-0.2, 0) is 16.1 Å². The molecule has 2 heterocycles. The second-order valence-corrected chi connectivity index (χ2v) is 12.5. The van der Waals surface area contributed by atoms with Crippen LogP contribution in [0.3, 0.4) is 0 Å². The lowest BCUT2D eigenvalue weighted by atomic mass is 9.91. The first-order valence-corrected chi connectivity index (χ1v) is 16.3. The Balaban J connectivity index is 1.15. The number of nitrogens with zero attached hydrogens (tertiary/aromatic N) is 2. The highest BCUT2D eigenvalue weighted by atomic mass is 79.9. The minimum atomic E-state index is -0.348. The number of carbonyl (C=O) groups excluding carboxylic acids is 2. The van der Waals surface area contributed by atoms with E-state index in [9.17, 15) is 9.59 Å². The zero-order chi connectivity index (χ0) is 32.3. The number of benzene rings is 5. The molecule has 47 heavy (non-hydrogen) atoms. The van der Waals surface area contributed by atoms with Crippen LogP contribution in [0.5, 0.6) is 0 Å². The third-order valence-electron chi connectivity index (χ3n) is 8.15. The topological polar surface area (TPSA) is 99.5 Å². The van der Waals surface area contributed by atoms with E-state index in [0.29, 0.717) is 11.3 Å². The number of nitrogens with one attached hydrogen (secondary N) is 4. The van der Waals surface area contributed by atoms with Crippen molar-refractivity contribution >= 4 is 78.1 Å². The quantitative estimate of drug-likeness (QED) is 0.111. The average molecular weight is 702 g/mol. The Morgan fingerprint density at radius 3 is 2.32 bits per heavy atom. The van der Waals surface area contributed by atoms with Crippen LogP contribution in [0.15, 0.2) is 137 Å². The smallest absolute Gasteiger partial charge is 0.270 e. The summed E-state index contributed by atoms with van der Waals surface area (Å²) in [7, 11) is 0. The van der Waals surface area contributed by atoms with Crippen LogP contribution >= 0.6 is 28.1 Å². The molecule has 1 aromatic heterocycles. The number of aromatic nitrogens is 1. The molecule has 0 saturated carbocycles. The molecule has 2 amide bonds. The van der Waals surface area contributed by atoms with Crippen molar-refractivity contribution in [1.82, 2.24) is 20.7 Å². The van der Waals surface area contributed by atoms with Crippen LogP contribution in [0.2, 0.25) is 0 Å². The molecule has 4 N–H and O–H groups in total. The lowest BCUT2D eigenvalue weighted by Gasteiger charge is -2.31. The molecule has 0 radical (unpaired) electrons. The fraction of sp³-hybridized carbons (Fsp3) is 0.0811. The van der Waals surface area contributed by atoms with Crippen molar-refractivity contribution in [1.29, 1.82) is 0 Å². The summed E-state index contributed by atoms with van der Waals surface area (Å²) in [5, 5.41) is 9.53. The molecule has 232 valence electrons. The van der Waals surface area contributed by atoms with Crippen LogP contribution in [0.1, 0.15) is 28.8 Å². The molecule has 8 nitrogen and oxygen atoms in total. The minimum Gasteiger partial charge on any atom is -0.341 e. The van der Waals surface area contributed by atoms with Crippen molar-refractivity contribution in [2.75, 3.05) is 5.32 Å². The number of fused-ring (bicyclic) bond motifs is 2. The number of rotatable bonds is 6. The number of hydrogen-bond donors (Lipinski definition) is 4. The molecule has 0 unspecified atom stereocenters. The van der Waals surface area contributed by atoms with E-state index < -0.39 is 0 Å². The van der Waals surface area contributed by atoms with Gasteiger partial charge in [0.25, 0.3) is 11.8 Å². The highest BCUT2D eigenvalue weighted by molar-refractivity contribution is 9.10. The van der Waals surface area contributed by atoms with Gasteiger partial charge in [-0.25, -0.2) is 0 Å². The number of thiocarbonyl (C=S) groups is 1. The number of carbonyl (C=O) groups is 2. The van der Waals surface area contributed by atoms with Gasteiger partial charge in [-0.1, -0.05) is 113 Å². The molecular formula is C37H29BrN6O2S. The summed E-state index contributed by atoms with van der Waals surface area (Å²) in [6.07, 6.45) is 1.81. The Labute approximate surface area is 285 Å². The van der Waals surface area contributed by atoms with Gasteiger partial charge in [0.2, 0.25) is 0 Å². The van der Waals surface area contributed by atoms with Gasteiger partial charge < -0.3 is 15.2 Å². The monoisotopic (exact) mass is 700 g/mol. The third kappa shape index (κ3) is 6.38. The molecule has 6 aromatic rings. The van der Waals surface area contributed by atoms with Crippen molar-refractivity contribution in [3.05, 3.63) is 149 Å². The van der Waals surface area contributed by atoms with Crippen LogP contribution < -0.4 is 21.5 Å². The third-order valence-corrected chi connectivity index (χ3v) is 8.85. The molecule has 0 aliphatic carbocycles. The van der Waals surface area contributed by atoms with Crippen LogP contribution in [0.4, 0.5) is 5.69 Å². The van der Waals surface area contributed by atoms with Crippen LogP contribution in [0.25, 0.3) is 21.7 Å². The highest BCUT2D eigenvalue weighted by Crippen LogP contribution is 2.37. The molecule has 7 rings (SSSR count). The Hall–Kier alpha value is -5.32. The SMILES string of the molecule is O=C(Cn1cc(C2=N[C@@H](c3ccccc3)[C@H](c3ccccc3)NC2=O)c2cc(Br)ccc21)NNC(=S)Nc1cccc2ccccc12. The van der Waals surface area contributed by atoms with Gasteiger partial charge in [-0.15, -0.1) is 0 Å². The lowest BCUT2D eigenvalue weighted by Crippen LogP contribution is -2.45. The molecule has 0 spiro atoms. The van der Waals surface area contributed by atoms with Gasteiger partial charge in [-0.05, 0) is 53.0 Å². The van der Waals surface area contributed by atoms with Gasteiger partial charge in [-0.2, -0.15) is 0 Å². The van der Waals surface area contributed by atoms with Gasteiger partial charge in [0, 0.05) is 38.2 Å². The number of hydrogen-bond acceptors (Lipinski definition) is 4. The van der Waals surface area contributed by atoms with E-state index in [4.69, 9.17) is 17.2 Å². The normalized spacial score (nSPS) is 15.9. The van der Waals surface area contributed by atoms with Crippen LogP contribution in [-0.4, -0.2) is 27.2 Å². The predicted molar refractivity (Wildman–Crippen MR) is 194 cm³/mol. The van der Waals surface area contributed by atoms with Crippen LogP contribution in [0, 0.1) is 0 Å². The van der Waals surface area contributed by atoms with Crippen molar-refractivity contribution in [2.45, 2.75) is 18.6 Å². The maximum atomic E-state index is 13.8. The first kappa shape index (κ1) is 30.3. The van der Waals surface area contributed by atoms with Crippen molar-refractivity contribution in [3.63, 3.8) is 0 Å². The maximum absolute atomic E-state index is 13.8. The van der Waals surface area contributed by atoms with E-state index in [1.165, 1.54) is 0 Å². The number of aliphatic imine (C=N–C) groups is 1. The molecule has 0 bridgehead atoms. The van der Waals surface area contributed by atoms with Crippen molar-refractivity contribution in [2.24, 2.45) is 4.99 Å². The number of amides is 2.